The summed E-state index contributed by atoms with van der Waals surface area (Å²) in [6, 6.07) is 11.3. The van der Waals surface area contributed by atoms with Gasteiger partial charge in [0.05, 0.1) is 11.2 Å². The average Bonchev–Trinajstić information content (AvgIpc) is 2.62. The Labute approximate surface area is 146 Å². The molecule has 0 fully saturated rings. The summed E-state index contributed by atoms with van der Waals surface area (Å²) < 4.78 is 0. The molecule has 7 nitrogen and oxygen atoms in total. The van der Waals surface area contributed by atoms with Crippen molar-refractivity contribution in [2.75, 3.05) is 32.5 Å². The summed E-state index contributed by atoms with van der Waals surface area (Å²) in [5, 5.41) is 7.00. The van der Waals surface area contributed by atoms with Gasteiger partial charge in [-0.3, -0.25) is 9.78 Å². The number of benzene rings is 1. The molecule has 0 atom stereocenters. The molecule has 2 heterocycles. The predicted octanol–water partition coefficient (Wildman–Crippen LogP) is 2.06. The fraction of sp³-hybridized carbons (Fsp3) is 0.222. The fourth-order valence-corrected chi connectivity index (χ4v) is 2.35. The van der Waals surface area contributed by atoms with Crippen LogP contribution >= 0.6 is 0 Å². The van der Waals surface area contributed by atoms with Crippen molar-refractivity contribution in [3.63, 3.8) is 0 Å². The zero-order chi connectivity index (χ0) is 17.6. The van der Waals surface area contributed by atoms with Gasteiger partial charge in [-0.1, -0.05) is 18.2 Å². The van der Waals surface area contributed by atoms with E-state index in [1.165, 1.54) is 0 Å². The number of nitrogens with one attached hydrogen (secondary N) is 2. The van der Waals surface area contributed by atoms with E-state index in [-0.39, 0.29) is 5.91 Å². The van der Waals surface area contributed by atoms with Crippen LogP contribution in [0.2, 0.25) is 0 Å². The van der Waals surface area contributed by atoms with Crippen molar-refractivity contribution >= 4 is 28.4 Å². The first kappa shape index (κ1) is 16.8. The third-order valence-corrected chi connectivity index (χ3v) is 3.61. The van der Waals surface area contributed by atoms with Crippen LogP contribution in [0.1, 0.15) is 10.5 Å². The Morgan fingerprint density at radius 2 is 1.92 bits per heavy atom. The molecule has 3 rings (SSSR count). The number of hydrogen-bond donors (Lipinski definition) is 2. The maximum Gasteiger partial charge on any atom is 0.270 e. The van der Waals surface area contributed by atoms with Crippen molar-refractivity contribution < 1.29 is 4.79 Å². The molecule has 25 heavy (non-hydrogen) atoms. The Hall–Kier alpha value is -3.06. The molecule has 0 saturated carbocycles. The number of para-hydroxylation sites is 1. The Morgan fingerprint density at radius 1 is 1.08 bits per heavy atom. The number of anilines is 2. The van der Waals surface area contributed by atoms with Crippen LogP contribution in [0.15, 0.2) is 48.8 Å². The number of hydrogen-bond acceptors (Lipinski definition) is 6. The molecule has 1 amide bonds. The van der Waals surface area contributed by atoms with Gasteiger partial charge >= 0.3 is 0 Å². The number of pyridine rings is 1. The van der Waals surface area contributed by atoms with Gasteiger partial charge in [0.2, 0.25) is 5.95 Å². The van der Waals surface area contributed by atoms with Crippen molar-refractivity contribution in [1.82, 2.24) is 25.2 Å². The highest BCUT2D eigenvalue weighted by molar-refractivity contribution is 5.93. The molecule has 2 N–H and O–H groups in total. The van der Waals surface area contributed by atoms with Crippen molar-refractivity contribution in [3.8, 4) is 0 Å². The van der Waals surface area contributed by atoms with Crippen LogP contribution in [0.3, 0.4) is 0 Å². The third kappa shape index (κ3) is 4.27. The second-order valence-corrected chi connectivity index (χ2v) is 5.83. The SMILES string of the molecule is CN(C)CCNC(=O)c1ccnc(Nc2cccc3cccnc23)n1. The zero-order valence-electron chi connectivity index (χ0n) is 14.2. The summed E-state index contributed by atoms with van der Waals surface area (Å²) in [5.74, 6) is 0.141. The summed E-state index contributed by atoms with van der Waals surface area (Å²) in [6.45, 7) is 1.33. The predicted molar refractivity (Wildman–Crippen MR) is 97.9 cm³/mol. The largest absolute Gasteiger partial charge is 0.349 e. The molecule has 2 aromatic heterocycles. The number of carbonyl (C=O) groups is 1. The molecular weight excluding hydrogens is 316 g/mol. The third-order valence-electron chi connectivity index (χ3n) is 3.61. The van der Waals surface area contributed by atoms with E-state index in [0.717, 1.165) is 23.1 Å². The fourth-order valence-electron chi connectivity index (χ4n) is 2.35. The average molecular weight is 336 g/mol. The lowest BCUT2D eigenvalue weighted by Crippen LogP contribution is -2.31. The normalized spacial score (nSPS) is 10.8. The molecule has 0 aliphatic rings. The van der Waals surface area contributed by atoms with Crippen LogP contribution in [0, 0.1) is 0 Å². The highest BCUT2D eigenvalue weighted by Gasteiger charge is 2.09. The molecule has 1 aromatic carbocycles. The van der Waals surface area contributed by atoms with Crippen molar-refractivity contribution in [1.29, 1.82) is 0 Å². The zero-order valence-corrected chi connectivity index (χ0v) is 14.2. The van der Waals surface area contributed by atoms with Crippen molar-refractivity contribution in [2.24, 2.45) is 0 Å². The van der Waals surface area contributed by atoms with E-state index in [1.807, 2.05) is 49.3 Å². The standard InChI is InChI=1S/C18H20N6O/c1-24(2)12-11-20-17(25)15-8-10-21-18(23-15)22-14-7-3-5-13-6-4-9-19-16(13)14/h3-10H,11-12H2,1-2H3,(H,20,25)(H,21,22,23). The minimum absolute atomic E-state index is 0.219. The van der Waals surface area contributed by atoms with Crippen LogP contribution in [-0.4, -0.2) is 52.9 Å². The van der Waals surface area contributed by atoms with E-state index >= 15 is 0 Å². The minimum Gasteiger partial charge on any atom is -0.349 e. The van der Waals surface area contributed by atoms with Gasteiger partial charge < -0.3 is 15.5 Å². The van der Waals surface area contributed by atoms with Gasteiger partial charge in [-0.25, -0.2) is 9.97 Å². The molecule has 0 radical (unpaired) electrons. The van der Waals surface area contributed by atoms with Gasteiger partial charge in [-0.05, 0) is 32.3 Å². The molecule has 0 saturated heterocycles. The number of nitrogens with zero attached hydrogens (tertiary/aromatic N) is 4. The summed E-state index contributed by atoms with van der Waals surface area (Å²) >= 11 is 0. The van der Waals surface area contributed by atoms with Crippen LogP contribution in [0.25, 0.3) is 10.9 Å². The lowest BCUT2D eigenvalue weighted by molar-refractivity contribution is 0.0946. The number of aromatic nitrogens is 3. The maximum atomic E-state index is 12.2. The van der Waals surface area contributed by atoms with Gasteiger partial charge in [0.1, 0.15) is 5.69 Å². The molecule has 0 aliphatic heterocycles. The van der Waals surface area contributed by atoms with Crippen LogP contribution in [-0.2, 0) is 0 Å². The lowest BCUT2D eigenvalue weighted by atomic mass is 10.2. The quantitative estimate of drug-likeness (QED) is 0.717. The first-order valence-electron chi connectivity index (χ1n) is 8.00. The molecule has 0 unspecified atom stereocenters. The van der Waals surface area contributed by atoms with E-state index < -0.39 is 0 Å². The van der Waals surface area contributed by atoms with Gasteiger partial charge in [0.15, 0.2) is 0 Å². The summed E-state index contributed by atoms with van der Waals surface area (Å²) in [7, 11) is 3.91. The molecule has 7 heteroatoms. The number of carbonyl (C=O) groups excluding carboxylic acids is 1. The monoisotopic (exact) mass is 336 g/mol. The highest BCUT2D eigenvalue weighted by atomic mass is 16.1. The molecule has 3 aromatic rings. The molecule has 0 spiro atoms. The number of likely N-dealkylation sites (N-methyl/N-ethyl adjacent to an activating group) is 1. The molecule has 0 bridgehead atoms. The van der Waals surface area contributed by atoms with Gasteiger partial charge in [0.25, 0.3) is 5.91 Å². The van der Waals surface area contributed by atoms with E-state index in [4.69, 9.17) is 0 Å². The topological polar surface area (TPSA) is 83.0 Å². The maximum absolute atomic E-state index is 12.2. The second kappa shape index (κ2) is 7.67. The summed E-state index contributed by atoms with van der Waals surface area (Å²) in [6.07, 6.45) is 3.30. The van der Waals surface area contributed by atoms with Crippen molar-refractivity contribution in [3.05, 3.63) is 54.5 Å². The first-order valence-corrected chi connectivity index (χ1v) is 8.00. The first-order chi connectivity index (χ1) is 12.1. The molecule has 128 valence electrons. The van der Waals surface area contributed by atoms with Crippen LogP contribution in [0.4, 0.5) is 11.6 Å². The molecular formula is C18H20N6O. The van der Waals surface area contributed by atoms with Gasteiger partial charge in [-0.2, -0.15) is 0 Å². The van der Waals surface area contributed by atoms with Crippen LogP contribution in [0.5, 0.6) is 0 Å². The minimum atomic E-state index is -0.219. The van der Waals surface area contributed by atoms with E-state index in [1.54, 1.807) is 18.5 Å². The van der Waals surface area contributed by atoms with Gasteiger partial charge in [0, 0.05) is 30.9 Å². The second-order valence-electron chi connectivity index (χ2n) is 5.83. The lowest BCUT2D eigenvalue weighted by Gasteiger charge is -2.11. The Bertz CT molecular complexity index is 875. The van der Waals surface area contributed by atoms with E-state index in [0.29, 0.717) is 18.2 Å². The van der Waals surface area contributed by atoms with E-state index in [2.05, 4.69) is 25.6 Å². The van der Waals surface area contributed by atoms with Gasteiger partial charge in [-0.15, -0.1) is 0 Å². The Kier molecular flexibility index (Phi) is 5.15. The number of rotatable bonds is 6. The number of amides is 1. The van der Waals surface area contributed by atoms with E-state index in [9.17, 15) is 4.79 Å². The van der Waals surface area contributed by atoms with Crippen LogP contribution < -0.4 is 10.6 Å². The number of fused-ring (bicyclic) bond motifs is 1. The summed E-state index contributed by atoms with van der Waals surface area (Å²) in [5.41, 5.74) is 1.95. The molecule has 0 aliphatic carbocycles. The Balaban J connectivity index is 1.76. The highest BCUT2D eigenvalue weighted by Crippen LogP contribution is 2.22. The van der Waals surface area contributed by atoms with Crippen molar-refractivity contribution in [2.45, 2.75) is 0 Å². The summed E-state index contributed by atoms with van der Waals surface area (Å²) in [4.78, 5) is 27.1. The smallest absolute Gasteiger partial charge is 0.270 e. The Morgan fingerprint density at radius 3 is 2.76 bits per heavy atom.